The van der Waals surface area contributed by atoms with E-state index in [0.29, 0.717) is 30.3 Å². The maximum absolute atomic E-state index is 11.7. The molecule has 0 radical (unpaired) electrons. The number of hydrogen-bond acceptors (Lipinski definition) is 4. The Balaban J connectivity index is 1.83. The molecule has 22 heavy (non-hydrogen) atoms. The molecule has 1 aromatic carbocycles. The van der Waals surface area contributed by atoms with Crippen molar-refractivity contribution in [2.24, 2.45) is 7.05 Å². The number of methoxy groups -OCH3 is 2. The fourth-order valence-corrected chi connectivity index (χ4v) is 2.03. The molecule has 0 unspecified atom stereocenters. The van der Waals surface area contributed by atoms with Crippen molar-refractivity contribution in [1.82, 2.24) is 9.88 Å². The zero-order chi connectivity index (χ0) is 15.9. The third-order valence-corrected chi connectivity index (χ3v) is 3.22. The predicted molar refractivity (Wildman–Crippen MR) is 82.7 cm³/mol. The lowest BCUT2D eigenvalue weighted by Crippen LogP contribution is -2.29. The van der Waals surface area contributed by atoms with Gasteiger partial charge in [0.25, 0.3) is 0 Å². The minimum Gasteiger partial charge on any atom is -0.493 e. The van der Waals surface area contributed by atoms with E-state index in [-0.39, 0.29) is 0 Å². The molecule has 0 saturated heterocycles. The van der Waals surface area contributed by atoms with Crippen LogP contribution in [0.25, 0.3) is 0 Å². The molecule has 0 bridgehead atoms. The van der Waals surface area contributed by atoms with Crippen molar-refractivity contribution < 1.29 is 19.0 Å². The number of rotatable bonds is 6. The van der Waals surface area contributed by atoms with Crippen molar-refractivity contribution in [3.8, 4) is 17.4 Å². The van der Waals surface area contributed by atoms with Gasteiger partial charge < -0.3 is 24.1 Å². The van der Waals surface area contributed by atoms with E-state index in [1.54, 1.807) is 24.9 Å². The van der Waals surface area contributed by atoms with E-state index in [1.165, 1.54) is 0 Å². The molecule has 1 N–H and O–H groups in total. The van der Waals surface area contributed by atoms with Crippen LogP contribution in [-0.4, -0.2) is 31.4 Å². The molecule has 0 aliphatic carbocycles. The molecule has 1 amide bonds. The normalized spacial score (nSPS) is 10.1. The number of amides is 1. The summed E-state index contributed by atoms with van der Waals surface area (Å²) < 4.78 is 17.3. The quantitative estimate of drug-likeness (QED) is 0.890. The van der Waals surface area contributed by atoms with Gasteiger partial charge in [0, 0.05) is 25.9 Å². The minimum atomic E-state index is -0.470. The summed E-state index contributed by atoms with van der Waals surface area (Å²) in [6, 6.07) is 9.21. The molecule has 1 heterocycles. The van der Waals surface area contributed by atoms with Crippen LogP contribution in [-0.2, 0) is 13.5 Å². The van der Waals surface area contributed by atoms with Crippen LogP contribution in [0.3, 0.4) is 0 Å². The van der Waals surface area contributed by atoms with Crippen LogP contribution in [0.2, 0.25) is 0 Å². The minimum absolute atomic E-state index is 0.470. The number of ether oxygens (including phenoxy) is 3. The average Bonchev–Trinajstić information content (AvgIpc) is 2.92. The number of hydrogen-bond donors (Lipinski definition) is 1. The average molecular weight is 304 g/mol. The number of nitrogens with one attached hydrogen (secondary N) is 1. The first kappa shape index (κ1) is 15.8. The summed E-state index contributed by atoms with van der Waals surface area (Å²) in [6.07, 6.45) is 2.01. The Morgan fingerprint density at radius 2 is 1.95 bits per heavy atom. The second kappa shape index (κ2) is 7.40. The molecule has 0 atom stereocenters. The molecular weight excluding hydrogens is 284 g/mol. The maximum atomic E-state index is 11.7. The van der Waals surface area contributed by atoms with E-state index in [1.807, 2.05) is 37.5 Å². The number of aryl methyl sites for hydroxylation is 1. The molecule has 2 aromatic rings. The van der Waals surface area contributed by atoms with E-state index in [2.05, 4.69) is 5.32 Å². The summed E-state index contributed by atoms with van der Waals surface area (Å²) in [5.41, 5.74) is 1.04. The number of nitrogens with zero attached hydrogens (tertiary/aromatic N) is 1. The molecule has 0 aliphatic heterocycles. The molecule has 0 fully saturated rings. The molecule has 2 rings (SSSR count). The number of aromatic nitrogens is 1. The van der Waals surface area contributed by atoms with Gasteiger partial charge in [-0.2, -0.15) is 0 Å². The lowest BCUT2D eigenvalue weighted by atomic mass is 10.1. The second-order valence-electron chi connectivity index (χ2n) is 4.71. The largest absolute Gasteiger partial charge is 0.493 e. The molecule has 6 heteroatoms. The Morgan fingerprint density at radius 3 is 2.59 bits per heavy atom. The third-order valence-electron chi connectivity index (χ3n) is 3.22. The van der Waals surface area contributed by atoms with Crippen molar-refractivity contribution in [3.63, 3.8) is 0 Å². The zero-order valence-electron chi connectivity index (χ0n) is 13.0. The van der Waals surface area contributed by atoms with Gasteiger partial charge in [-0.25, -0.2) is 4.79 Å². The smallest absolute Gasteiger partial charge is 0.413 e. The summed E-state index contributed by atoms with van der Waals surface area (Å²) in [5.74, 6) is 1.86. The highest BCUT2D eigenvalue weighted by Gasteiger charge is 2.07. The molecule has 0 aliphatic rings. The van der Waals surface area contributed by atoms with Gasteiger partial charge in [0.2, 0.25) is 5.88 Å². The van der Waals surface area contributed by atoms with Crippen LogP contribution < -0.4 is 19.5 Å². The van der Waals surface area contributed by atoms with Gasteiger partial charge in [-0.3, -0.25) is 0 Å². The van der Waals surface area contributed by atoms with Gasteiger partial charge in [-0.15, -0.1) is 0 Å². The first-order chi connectivity index (χ1) is 10.6. The van der Waals surface area contributed by atoms with Crippen LogP contribution in [0.4, 0.5) is 4.79 Å². The van der Waals surface area contributed by atoms with Gasteiger partial charge >= 0.3 is 6.09 Å². The van der Waals surface area contributed by atoms with Crippen molar-refractivity contribution in [1.29, 1.82) is 0 Å². The first-order valence-electron chi connectivity index (χ1n) is 6.92. The number of carbonyl (C=O) groups excluding carboxylic acids is 1. The highest BCUT2D eigenvalue weighted by Crippen LogP contribution is 2.27. The van der Waals surface area contributed by atoms with Crippen LogP contribution in [0.1, 0.15) is 5.56 Å². The van der Waals surface area contributed by atoms with Gasteiger partial charge in [0.1, 0.15) is 0 Å². The summed E-state index contributed by atoms with van der Waals surface area (Å²) >= 11 is 0. The van der Waals surface area contributed by atoms with E-state index in [4.69, 9.17) is 14.2 Å². The van der Waals surface area contributed by atoms with Gasteiger partial charge in [0.05, 0.1) is 14.2 Å². The lowest BCUT2D eigenvalue weighted by molar-refractivity contribution is 0.197. The standard InChI is InChI=1S/C16H20N2O4/c1-18-10-4-5-15(18)22-16(19)17-9-8-12-6-7-13(20-2)14(11-12)21-3/h4-7,10-11H,8-9H2,1-3H3,(H,17,19). The Kier molecular flexibility index (Phi) is 5.30. The van der Waals surface area contributed by atoms with E-state index < -0.39 is 6.09 Å². The topological polar surface area (TPSA) is 61.7 Å². The Morgan fingerprint density at radius 1 is 1.18 bits per heavy atom. The predicted octanol–water partition coefficient (Wildman–Crippen LogP) is 2.37. The van der Waals surface area contributed by atoms with Crippen LogP contribution >= 0.6 is 0 Å². The van der Waals surface area contributed by atoms with Gasteiger partial charge in [-0.1, -0.05) is 6.07 Å². The van der Waals surface area contributed by atoms with E-state index in [9.17, 15) is 4.79 Å². The molecule has 0 spiro atoms. The summed E-state index contributed by atoms with van der Waals surface area (Å²) in [6.45, 7) is 0.471. The Hall–Kier alpha value is -2.63. The molecule has 0 saturated carbocycles. The monoisotopic (exact) mass is 304 g/mol. The third kappa shape index (κ3) is 3.94. The Bertz CT molecular complexity index is 637. The zero-order valence-corrected chi connectivity index (χ0v) is 13.0. The summed E-state index contributed by atoms with van der Waals surface area (Å²) in [4.78, 5) is 11.7. The van der Waals surface area contributed by atoms with Gasteiger partial charge in [-0.05, 0) is 30.2 Å². The second-order valence-corrected chi connectivity index (χ2v) is 4.71. The Labute approximate surface area is 129 Å². The fourth-order valence-electron chi connectivity index (χ4n) is 2.03. The van der Waals surface area contributed by atoms with Crippen LogP contribution in [0.15, 0.2) is 36.5 Å². The molecular formula is C16H20N2O4. The highest BCUT2D eigenvalue weighted by atomic mass is 16.6. The maximum Gasteiger partial charge on any atom is 0.413 e. The van der Waals surface area contributed by atoms with Crippen LogP contribution in [0.5, 0.6) is 17.4 Å². The molecule has 6 nitrogen and oxygen atoms in total. The first-order valence-corrected chi connectivity index (χ1v) is 6.92. The van der Waals surface area contributed by atoms with Crippen molar-refractivity contribution >= 4 is 6.09 Å². The van der Waals surface area contributed by atoms with Crippen LogP contribution in [0, 0.1) is 0 Å². The SMILES string of the molecule is COc1ccc(CCNC(=O)Oc2cccn2C)cc1OC. The summed E-state index contributed by atoms with van der Waals surface area (Å²) in [7, 11) is 5.00. The molecule has 118 valence electrons. The van der Waals surface area contributed by atoms with Crippen molar-refractivity contribution in [2.75, 3.05) is 20.8 Å². The summed E-state index contributed by atoms with van der Waals surface area (Å²) in [5, 5.41) is 2.72. The highest BCUT2D eigenvalue weighted by molar-refractivity contribution is 5.69. The number of carbonyl (C=O) groups is 1. The van der Waals surface area contributed by atoms with Crippen molar-refractivity contribution in [3.05, 3.63) is 42.1 Å². The van der Waals surface area contributed by atoms with E-state index in [0.717, 1.165) is 5.56 Å². The van der Waals surface area contributed by atoms with E-state index >= 15 is 0 Å². The van der Waals surface area contributed by atoms with Gasteiger partial charge in [0.15, 0.2) is 11.5 Å². The number of benzene rings is 1. The lowest BCUT2D eigenvalue weighted by Gasteiger charge is -2.10. The van der Waals surface area contributed by atoms with Crippen molar-refractivity contribution in [2.45, 2.75) is 6.42 Å². The fraction of sp³-hybridized carbons (Fsp3) is 0.312. The molecule has 1 aromatic heterocycles.